The molecule has 0 aliphatic carbocycles. The van der Waals surface area contributed by atoms with Crippen molar-refractivity contribution in [2.45, 2.75) is 44.2 Å². The SMILES string of the molecule is CN=C(NCC1(N2CCCCC2)CCN(C)CC1)N(C)Cc1cc2ccccc2o1.I. The summed E-state index contributed by atoms with van der Waals surface area (Å²) in [5.41, 5.74) is 1.18. The summed E-state index contributed by atoms with van der Waals surface area (Å²) in [5, 5.41) is 4.87. The van der Waals surface area contributed by atoms with Crippen LogP contribution in [0, 0.1) is 0 Å². The van der Waals surface area contributed by atoms with E-state index in [1.807, 2.05) is 25.2 Å². The second kappa shape index (κ2) is 11.0. The number of hydrogen-bond donors (Lipinski definition) is 1. The first-order valence-electron chi connectivity index (χ1n) is 11.4. The first-order chi connectivity index (χ1) is 14.6. The number of aliphatic imine (C=N–C) groups is 1. The largest absolute Gasteiger partial charge is 0.459 e. The van der Waals surface area contributed by atoms with Gasteiger partial charge in [0.15, 0.2) is 5.96 Å². The Balaban J connectivity index is 0.00000272. The smallest absolute Gasteiger partial charge is 0.193 e. The van der Waals surface area contributed by atoms with Gasteiger partial charge in [-0.05, 0) is 71.0 Å². The maximum atomic E-state index is 6.02. The molecular weight excluding hydrogens is 501 g/mol. The molecule has 2 aliphatic rings. The minimum absolute atomic E-state index is 0. The van der Waals surface area contributed by atoms with Gasteiger partial charge in [0.05, 0.1) is 6.54 Å². The van der Waals surface area contributed by atoms with Crippen LogP contribution in [0.25, 0.3) is 11.0 Å². The average molecular weight is 540 g/mol. The number of benzene rings is 1. The second-order valence-electron chi connectivity index (χ2n) is 9.08. The van der Waals surface area contributed by atoms with Gasteiger partial charge >= 0.3 is 0 Å². The minimum atomic E-state index is 0. The Morgan fingerprint density at radius 2 is 1.84 bits per heavy atom. The molecule has 2 aromatic rings. The van der Waals surface area contributed by atoms with Gasteiger partial charge in [-0.25, -0.2) is 0 Å². The van der Waals surface area contributed by atoms with E-state index >= 15 is 0 Å². The van der Waals surface area contributed by atoms with Crippen LogP contribution >= 0.6 is 24.0 Å². The Kier molecular flexibility index (Phi) is 8.64. The van der Waals surface area contributed by atoms with Gasteiger partial charge in [0, 0.05) is 31.6 Å². The normalized spacial score (nSPS) is 20.4. The summed E-state index contributed by atoms with van der Waals surface area (Å²) >= 11 is 0. The summed E-state index contributed by atoms with van der Waals surface area (Å²) in [6.45, 7) is 6.47. The summed E-state index contributed by atoms with van der Waals surface area (Å²) in [6.07, 6.45) is 6.49. The first-order valence-corrected chi connectivity index (χ1v) is 11.4. The Hall–Kier alpha value is -1.32. The number of guanidine groups is 1. The van der Waals surface area contributed by atoms with Crippen molar-refractivity contribution in [1.29, 1.82) is 0 Å². The molecule has 4 rings (SSSR count). The summed E-state index contributed by atoms with van der Waals surface area (Å²) in [5.74, 6) is 1.90. The van der Waals surface area contributed by atoms with Gasteiger partial charge in [0.25, 0.3) is 0 Å². The number of likely N-dealkylation sites (tertiary alicyclic amines) is 2. The molecule has 2 aliphatic heterocycles. The number of nitrogens with one attached hydrogen (secondary N) is 1. The van der Waals surface area contributed by atoms with Crippen molar-refractivity contribution in [3.63, 3.8) is 0 Å². The molecule has 0 atom stereocenters. The van der Waals surface area contributed by atoms with E-state index < -0.39 is 0 Å². The molecule has 172 valence electrons. The summed E-state index contributed by atoms with van der Waals surface area (Å²) < 4.78 is 6.02. The molecule has 0 radical (unpaired) electrons. The van der Waals surface area contributed by atoms with Gasteiger partial charge < -0.3 is 19.5 Å². The van der Waals surface area contributed by atoms with Crippen LogP contribution in [0.1, 0.15) is 37.9 Å². The van der Waals surface area contributed by atoms with E-state index in [0.717, 1.165) is 29.2 Å². The van der Waals surface area contributed by atoms with E-state index in [1.165, 1.54) is 58.3 Å². The highest BCUT2D eigenvalue weighted by atomic mass is 127. The third kappa shape index (κ3) is 5.73. The number of furan rings is 1. The fraction of sp³-hybridized carbons (Fsp3) is 0.625. The molecular formula is C24H38IN5O. The van der Waals surface area contributed by atoms with Crippen molar-refractivity contribution in [3.05, 3.63) is 36.1 Å². The molecule has 1 aromatic heterocycles. The lowest BCUT2D eigenvalue weighted by molar-refractivity contribution is 0.0170. The van der Waals surface area contributed by atoms with Crippen molar-refractivity contribution in [1.82, 2.24) is 20.0 Å². The van der Waals surface area contributed by atoms with Gasteiger partial charge in [0.2, 0.25) is 0 Å². The first kappa shape index (κ1) is 24.3. The van der Waals surface area contributed by atoms with Crippen molar-refractivity contribution < 1.29 is 4.42 Å². The monoisotopic (exact) mass is 539 g/mol. The maximum absolute atomic E-state index is 6.02. The highest BCUT2D eigenvalue weighted by Crippen LogP contribution is 2.31. The average Bonchev–Trinajstić information content (AvgIpc) is 3.18. The van der Waals surface area contributed by atoms with E-state index in [-0.39, 0.29) is 29.5 Å². The fourth-order valence-corrected chi connectivity index (χ4v) is 5.06. The lowest BCUT2D eigenvalue weighted by Gasteiger charge is -2.50. The van der Waals surface area contributed by atoms with Gasteiger partial charge in [0.1, 0.15) is 11.3 Å². The second-order valence-corrected chi connectivity index (χ2v) is 9.08. The van der Waals surface area contributed by atoms with E-state index in [9.17, 15) is 0 Å². The molecule has 6 nitrogen and oxygen atoms in total. The Bertz CT molecular complexity index is 820. The lowest BCUT2D eigenvalue weighted by Crippen LogP contribution is -2.62. The van der Waals surface area contributed by atoms with Crippen LogP contribution in [-0.4, -0.2) is 80.1 Å². The number of para-hydroxylation sites is 1. The molecule has 0 unspecified atom stereocenters. The minimum Gasteiger partial charge on any atom is -0.459 e. The Morgan fingerprint density at radius 3 is 2.52 bits per heavy atom. The van der Waals surface area contributed by atoms with E-state index in [4.69, 9.17) is 4.42 Å². The number of nitrogens with zero attached hydrogens (tertiary/aromatic N) is 4. The third-order valence-corrected chi connectivity index (χ3v) is 6.96. The van der Waals surface area contributed by atoms with Crippen molar-refractivity contribution >= 4 is 40.9 Å². The van der Waals surface area contributed by atoms with E-state index in [0.29, 0.717) is 6.54 Å². The molecule has 0 bridgehead atoms. The lowest BCUT2D eigenvalue weighted by atomic mass is 9.84. The number of rotatable bonds is 5. The van der Waals surface area contributed by atoms with Crippen molar-refractivity contribution in [2.75, 3.05) is 53.9 Å². The number of hydrogen-bond acceptors (Lipinski definition) is 4. The standard InChI is InChI=1S/C24H37N5O.HI/c1-25-23(28(3)18-21-17-20-9-5-6-10-22(20)30-21)26-19-24(11-15-27(2)16-12-24)29-13-7-4-8-14-29;/h5-6,9-10,17H,4,7-8,11-16,18-19H2,1-3H3,(H,25,26);1H. The highest BCUT2D eigenvalue weighted by molar-refractivity contribution is 14.0. The Morgan fingerprint density at radius 1 is 1.13 bits per heavy atom. The molecule has 0 saturated carbocycles. The quantitative estimate of drug-likeness (QED) is 0.354. The summed E-state index contributed by atoms with van der Waals surface area (Å²) in [4.78, 5) is 12.0. The van der Waals surface area contributed by atoms with Gasteiger partial charge in [-0.2, -0.15) is 0 Å². The molecule has 0 amide bonds. The van der Waals surface area contributed by atoms with Crippen molar-refractivity contribution in [2.24, 2.45) is 4.99 Å². The van der Waals surface area contributed by atoms with Crippen molar-refractivity contribution in [3.8, 4) is 0 Å². The summed E-state index contributed by atoms with van der Waals surface area (Å²) in [7, 11) is 6.21. The molecule has 31 heavy (non-hydrogen) atoms. The number of fused-ring (bicyclic) bond motifs is 1. The molecule has 2 saturated heterocycles. The Labute approximate surface area is 204 Å². The van der Waals surface area contributed by atoms with Gasteiger partial charge in [-0.3, -0.25) is 9.89 Å². The highest BCUT2D eigenvalue weighted by Gasteiger charge is 2.39. The zero-order chi connectivity index (χ0) is 21.0. The number of piperidine rings is 2. The molecule has 1 N–H and O–H groups in total. The molecule has 3 heterocycles. The predicted molar refractivity (Wildman–Crippen MR) is 139 cm³/mol. The van der Waals surface area contributed by atoms with Gasteiger partial charge in [-0.15, -0.1) is 24.0 Å². The van der Waals surface area contributed by atoms with Crippen LogP contribution in [0.4, 0.5) is 0 Å². The van der Waals surface area contributed by atoms with E-state index in [2.05, 4.69) is 51.2 Å². The fourth-order valence-electron chi connectivity index (χ4n) is 5.06. The van der Waals surface area contributed by atoms with E-state index in [1.54, 1.807) is 0 Å². The number of halogens is 1. The molecule has 2 fully saturated rings. The van der Waals surface area contributed by atoms with Crippen LogP contribution in [0.3, 0.4) is 0 Å². The van der Waals surface area contributed by atoms with Crippen LogP contribution in [-0.2, 0) is 6.54 Å². The van der Waals surface area contributed by atoms with Crippen LogP contribution < -0.4 is 5.32 Å². The summed E-state index contributed by atoms with van der Waals surface area (Å²) in [6, 6.07) is 10.3. The molecule has 7 heteroatoms. The van der Waals surface area contributed by atoms with Crippen LogP contribution in [0.2, 0.25) is 0 Å². The van der Waals surface area contributed by atoms with Gasteiger partial charge in [-0.1, -0.05) is 24.6 Å². The van der Waals surface area contributed by atoms with Crippen LogP contribution in [0.5, 0.6) is 0 Å². The maximum Gasteiger partial charge on any atom is 0.193 e. The zero-order valence-electron chi connectivity index (χ0n) is 19.3. The van der Waals surface area contributed by atoms with Crippen LogP contribution in [0.15, 0.2) is 39.7 Å². The molecule has 0 spiro atoms. The third-order valence-electron chi connectivity index (χ3n) is 6.96. The molecule has 1 aromatic carbocycles. The topological polar surface area (TPSA) is 47.3 Å². The predicted octanol–water partition coefficient (Wildman–Crippen LogP) is 4.01. The zero-order valence-corrected chi connectivity index (χ0v) is 21.6.